The molecule has 5 nitrogen and oxygen atoms in total. The number of hydrogen-bond acceptors (Lipinski definition) is 4. The molecule has 0 saturated carbocycles. The maximum absolute atomic E-state index is 11.1. The number of esters is 1. The highest BCUT2D eigenvalue weighted by Gasteiger charge is 2.33. The Hall–Kier alpha value is -1.48. The van der Waals surface area contributed by atoms with E-state index in [1.54, 1.807) is 20.8 Å². The number of rotatable bonds is 2. The smallest absolute Gasteiger partial charge is 0.451 e. The largest absolute Gasteiger partial charge is 0.490 e. The van der Waals surface area contributed by atoms with E-state index in [-0.39, 0.29) is 0 Å². The summed E-state index contributed by atoms with van der Waals surface area (Å²) in [5.74, 6) is -1.42. The number of hydrogen-bond donors (Lipinski definition) is 1. The molecule has 0 aromatic rings. The molecule has 0 aromatic heterocycles. The topological polar surface area (TPSA) is 81.3 Å². The molecule has 0 radical (unpaired) electrons. The molecule has 0 amide bonds. The fourth-order valence-electron chi connectivity index (χ4n) is 0.595. The first kappa shape index (κ1) is 11.5. The van der Waals surface area contributed by atoms with Crippen LogP contribution in [0, 0.1) is 5.53 Å². The Balaban J connectivity index is 4.62. The molecular formula is C8H13N2O3+. The molecule has 0 bridgehead atoms. The summed E-state index contributed by atoms with van der Waals surface area (Å²) >= 11 is 0. The van der Waals surface area contributed by atoms with Crippen LogP contribution in [0.4, 0.5) is 0 Å². The molecule has 0 aliphatic heterocycles. The van der Waals surface area contributed by atoms with Gasteiger partial charge in [-0.25, -0.2) is 4.79 Å². The van der Waals surface area contributed by atoms with E-state index >= 15 is 0 Å². The van der Waals surface area contributed by atoms with E-state index in [0.29, 0.717) is 0 Å². The van der Waals surface area contributed by atoms with E-state index in [4.69, 9.17) is 10.3 Å². The molecule has 0 rings (SSSR count). The predicted octanol–water partition coefficient (Wildman–Crippen LogP) is 0.597. The monoisotopic (exact) mass is 185 g/mol. The number of carbonyl (C=O) groups excluding carboxylic acids is 2. The second-order valence-corrected chi connectivity index (χ2v) is 3.52. The lowest BCUT2D eigenvalue weighted by atomic mass is 10.2. The minimum atomic E-state index is -0.852. The molecule has 13 heavy (non-hydrogen) atoms. The zero-order chi connectivity index (χ0) is 10.6. The molecule has 72 valence electrons. The summed E-state index contributed by atoms with van der Waals surface area (Å²) in [6.07, 6.45) is 0. The minimum Gasteiger partial charge on any atom is -0.451 e. The standard InChI is InChI=1S/C8H13N2O3/c1-5(11)6(10-9)7(12)13-8(2,3)4/h9H,1-4H3/q+1. The van der Waals surface area contributed by atoms with Crippen molar-refractivity contribution in [2.75, 3.05) is 0 Å². The van der Waals surface area contributed by atoms with Crippen LogP contribution in [0.5, 0.6) is 0 Å². The number of nitrogens with one attached hydrogen (secondary N) is 1. The number of nitrogens with zero attached hydrogens (tertiary/aromatic N) is 1. The molecule has 1 N–H and O–H groups in total. The Morgan fingerprint density at radius 3 is 2.00 bits per heavy atom. The fourth-order valence-corrected chi connectivity index (χ4v) is 0.595. The Labute approximate surface area is 76.3 Å². The van der Waals surface area contributed by atoms with Crippen molar-refractivity contribution in [2.45, 2.75) is 33.3 Å². The highest BCUT2D eigenvalue weighted by atomic mass is 16.6. The molecular weight excluding hydrogens is 172 g/mol. The second kappa shape index (κ2) is 3.96. The lowest BCUT2D eigenvalue weighted by Gasteiger charge is -2.16. The SMILES string of the molecule is CC(=O)C(=[N+]=N)C(=O)OC(C)(C)C. The first-order valence-corrected chi connectivity index (χ1v) is 3.76. The van der Waals surface area contributed by atoms with Crippen molar-refractivity contribution >= 4 is 17.5 Å². The van der Waals surface area contributed by atoms with Crippen LogP contribution < -0.4 is 0 Å². The molecule has 0 fully saturated rings. The van der Waals surface area contributed by atoms with Crippen LogP contribution in [0.3, 0.4) is 0 Å². The second-order valence-electron chi connectivity index (χ2n) is 3.52. The van der Waals surface area contributed by atoms with Gasteiger partial charge in [-0.1, -0.05) is 0 Å². The van der Waals surface area contributed by atoms with Crippen LogP contribution in [-0.2, 0) is 14.3 Å². The molecule has 0 atom stereocenters. The number of carbonyl (C=O) groups is 2. The lowest BCUT2D eigenvalue weighted by Crippen LogP contribution is -2.32. The van der Waals surface area contributed by atoms with E-state index in [1.165, 1.54) is 0 Å². The first-order chi connectivity index (χ1) is 5.78. The van der Waals surface area contributed by atoms with Gasteiger partial charge in [0, 0.05) is 6.92 Å². The minimum absolute atomic E-state index is 0.477. The third kappa shape index (κ3) is 4.18. The Morgan fingerprint density at radius 1 is 1.31 bits per heavy atom. The maximum atomic E-state index is 11.1. The summed E-state index contributed by atoms with van der Waals surface area (Å²) in [6.45, 7) is 6.18. The van der Waals surface area contributed by atoms with Gasteiger partial charge in [0.1, 0.15) is 5.60 Å². The fraction of sp³-hybridized carbons (Fsp3) is 0.625. The van der Waals surface area contributed by atoms with E-state index in [9.17, 15) is 9.59 Å². The number of ketones is 1. The maximum Gasteiger partial charge on any atom is 0.490 e. The summed E-state index contributed by atoms with van der Waals surface area (Å²) in [7, 11) is 0. The molecule has 5 heteroatoms. The molecule has 0 aliphatic carbocycles. The normalized spacial score (nSPS) is 10.2. The predicted molar refractivity (Wildman–Crippen MR) is 44.5 cm³/mol. The van der Waals surface area contributed by atoms with Crippen LogP contribution in [0.2, 0.25) is 0 Å². The first-order valence-electron chi connectivity index (χ1n) is 3.76. The van der Waals surface area contributed by atoms with Crippen molar-refractivity contribution in [3.05, 3.63) is 0 Å². The Morgan fingerprint density at radius 2 is 1.77 bits per heavy atom. The summed E-state index contributed by atoms with van der Waals surface area (Å²) < 4.78 is 4.84. The highest BCUT2D eigenvalue weighted by molar-refractivity contribution is 6.61. The van der Waals surface area contributed by atoms with Crippen molar-refractivity contribution in [1.82, 2.24) is 0 Å². The van der Waals surface area contributed by atoms with Gasteiger partial charge in [-0.2, -0.15) is 0 Å². The molecule has 0 unspecified atom stereocenters. The summed E-state index contributed by atoms with van der Waals surface area (Å²) in [4.78, 5) is 24.7. The van der Waals surface area contributed by atoms with Gasteiger partial charge in [0.05, 0.1) is 10.3 Å². The average Bonchev–Trinajstić information content (AvgIpc) is 1.82. The quantitative estimate of drug-likeness (QED) is 0.225. The highest BCUT2D eigenvalue weighted by Crippen LogP contribution is 2.06. The average molecular weight is 185 g/mol. The van der Waals surface area contributed by atoms with Crippen LogP contribution in [0.15, 0.2) is 0 Å². The lowest BCUT2D eigenvalue weighted by molar-refractivity contribution is -0.163. The molecule has 0 aromatic carbocycles. The van der Waals surface area contributed by atoms with Gasteiger partial charge in [0.2, 0.25) is 0 Å². The van der Waals surface area contributed by atoms with Crippen LogP contribution in [0.1, 0.15) is 27.7 Å². The van der Waals surface area contributed by atoms with Gasteiger partial charge in [-0.05, 0) is 20.8 Å². The van der Waals surface area contributed by atoms with Gasteiger partial charge in [-0.15, -0.1) is 0 Å². The van der Waals surface area contributed by atoms with Gasteiger partial charge in [0.15, 0.2) is 0 Å². The van der Waals surface area contributed by atoms with E-state index < -0.39 is 23.1 Å². The van der Waals surface area contributed by atoms with Crippen LogP contribution in [0.25, 0.3) is 0 Å². The third-order valence-corrected chi connectivity index (χ3v) is 1.04. The molecule has 0 spiro atoms. The summed E-state index contributed by atoms with van der Waals surface area (Å²) in [5.41, 5.74) is 5.44. The Bertz CT molecular complexity index is 282. The van der Waals surface area contributed by atoms with Crippen LogP contribution >= 0.6 is 0 Å². The van der Waals surface area contributed by atoms with Gasteiger partial charge in [0.25, 0.3) is 5.78 Å². The summed E-state index contributed by atoms with van der Waals surface area (Å²) in [5, 5.41) is 0. The summed E-state index contributed by atoms with van der Waals surface area (Å²) in [6, 6.07) is 0. The van der Waals surface area contributed by atoms with Crippen LogP contribution in [-0.4, -0.2) is 27.9 Å². The van der Waals surface area contributed by atoms with E-state index in [1.807, 2.05) is 0 Å². The van der Waals surface area contributed by atoms with Crippen molar-refractivity contribution in [2.24, 2.45) is 0 Å². The van der Waals surface area contributed by atoms with E-state index in [2.05, 4.69) is 4.79 Å². The molecule has 0 heterocycles. The van der Waals surface area contributed by atoms with Gasteiger partial charge < -0.3 is 4.74 Å². The number of Topliss-reactive ketones (excluding diaryl/α,β-unsaturated/α-hetero) is 1. The zero-order valence-corrected chi connectivity index (χ0v) is 8.17. The van der Waals surface area contributed by atoms with Crippen molar-refractivity contribution in [3.63, 3.8) is 0 Å². The van der Waals surface area contributed by atoms with Crippen molar-refractivity contribution in [3.8, 4) is 0 Å². The van der Waals surface area contributed by atoms with Gasteiger partial charge in [-0.3, -0.25) is 4.79 Å². The Kier molecular flexibility index (Phi) is 3.51. The third-order valence-electron chi connectivity index (χ3n) is 1.04. The van der Waals surface area contributed by atoms with E-state index in [0.717, 1.165) is 6.92 Å². The number of ether oxygens (including phenoxy) is 1. The molecule has 0 aliphatic rings. The van der Waals surface area contributed by atoms with Crippen molar-refractivity contribution in [1.29, 1.82) is 5.53 Å². The zero-order valence-electron chi connectivity index (χ0n) is 8.17. The molecule has 0 saturated heterocycles. The van der Waals surface area contributed by atoms with Crippen molar-refractivity contribution < 1.29 is 19.1 Å². The van der Waals surface area contributed by atoms with Gasteiger partial charge >= 0.3 is 11.7 Å².